The fourth-order valence-corrected chi connectivity index (χ4v) is 5.64. The molecular formula is C38H32ClN3O3S. The Bertz CT molecular complexity index is 1880. The van der Waals surface area contributed by atoms with Crippen LogP contribution in [-0.4, -0.2) is 23.0 Å². The number of halogens is 1. The third-order valence-electron chi connectivity index (χ3n) is 7.07. The van der Waals surface area contributed by atoms with E-state index in [1.165, 1.54) is 11.8 Å². The minimum atomic E-state index is -0.486. The average Bonchev–Trinajstić information content (AvgIpc) is 3.07. The molecule has 1 atom stereocenters. The lowest BCUT2D eigenvalue weighted by molar-refractivity contribution is -0.115. The highest BCUT2D eigenvalue weighted by Gasteiger charge is 2.18. The Kier molecular flexibility index (Phi) is 10.7. The molecule has 0 aromatic heterocycles. The van der Waals surface area contributed by atoms with Gasteiger partial charge in [-0.3, -0.25) is 14.4 Å². The second-order valence-electron chi connectivity index (χ2n) is 10.6. The lowest BCUT2D eigenvalue weighted by Gasteiger charge is -2.14. The molecule has 0 aliphatic heterocycles. The van der Waals surface area contributed by atoms with E-state index >= 15 is 0 Å². The Morgan fingerprint density at radius 2 is 1.37 bits per heavy atom. The minimum Gasteiger partial charge on any atom is -0.325 e. The number of nitrogens with one attached hydrogen (secondary N) is 3. The molecule has 5 aromatic carbocycles. The highest BCUT2D eigenvalue weighted by molar-refractivity contribution is 8.00. The largest absolute Gasteiger partial charge is 0.325 e. The molecule has 3 N–H and O–H groups in total. The number of anilines is 2. The van der Waals surface area contributed by atoms with E-state index in [0.29, 0.717) is 22.0 Å². The Morgan fingerprint density at radius 1 is 0.717 bits per heavy atom. The van der Waals surface area contributed by atoms with Gasteiger partial charge in [0.25, 0.3) is 11.8 Å². The van der Waals surface area contributed by atoms with E-state index in [9.17, 15) is 14.4 Å². The van der Waals surface area contributed by atoms with E-state index in [4.69, 9.17) is 11.6 Å². The lowest BCUT2D eigenvalue weighted by atomic mass is 10.0. The van der Waals surface area contributed by atoms with Gasteiger partial charge in [0.1, 0.15) is 5.70 Å². The van der Waals surface area contributed by atoms with Crippen LogP contribution in [0.15, 0.2) is 138 Å². The summed E-state index contributed by atoms with van der Waals surface area (Å²) in [6.45, 7) is 3.71. The summed E-state index contributed by atoms with van der Waals surface area (Å²) >= 11 is 7.56. The molecule has 230 valence electrons. The van der Waals surface area contributed by atoms with E-state index < -0.39 is 17.1 Å². The van der Waals surface area contributed by atoms with Gasteiger partial charge in [0.15, 0.2) is 0 Å². The van der Waals surface area contributed by atoms with Crippen molar-refractivity contribution in [2.24, 2.45) is 0 Å². The van der Waals surface area contributed by atoms with Gasteiger partial charge in [-0.25, -0.2) is 0 Å². The second-order valence-corrected chi connectivity index (χ2v) is 12.4. The molecule has 0 saturated heterocycles. The van der Waals surface area contributed by atoms with Gasteiger partial charge >= 0.3 is 0 Å². The molecule has 1 unspecified atom stereocenters. The first-order valence-corrected chi connectivity index (χ1v) is 15.9. The normalized spacial score (nSPS) is 11.8. The van der Waals surface area contributed by atoms with Crippen LogP contribution < -0.4 is 16.0 Å². The van der Waals surface area contributed by atoms with Crippen LogP contribution in [0, 0.1) is 6.92 Å². The third kappa shape index (κ3) is 8.75. The SMILES string of the molecule is Cc1ccc(NC(=O)C(C)Sc2cccc(NC(=O)/C(=C\c3ccc(-c4ccccc4)cc3)NC(=O)c3ccccc3)c2)cc1Cl. The van der Waals surface area contributed by atoms with Gasteiger partial charge in [0.05, 0.1) is 5.25 Å². The van der Waals surface area contributed by atoms with Crippen molar-refractivity contribution in [2.45, 2.75) is 24.0 Å². The highest BCUT2D eigenvalue weighted by Crippen LogP contribution is 2.28. The van der Waals surface area contributed by atoms with Crippen LogP contribution in [0.25, 0.3) is 17.2 Å². The standard InChI is InChI=1S/C38H32ClN3O3S/c1-25-16-21-32(24-34(25)39)40-36(43)26(2)46-33-15-9-14-31(23-33)41-38(45)35(42-37(44)30-12-7-4-8-13-30)22-27-17-19-29(20-18-27)28-10-5-3-6-11-28/h3-24,26H,1-2H3,(H,40,43)(H,41,45)(H,42,44)/b35-22+. The van der Waals surface area contributed by atoms with Crippen molar-refractivity contribution >= 4 is 58.5 Å². The van der Waals surface area contributed by atoms with Crippen molar-refractivity contribution in [3.05, 3.63) is 155 Å². The van der Waals surface area contributed by atoms with E-state index in [-0.39, 0.29) is 11.6 Å². The minimum absolute atomic E-state index is 0.0869. The topological polar surface area (TPSA) is 87.3 Å². The maximum absolute atomic E-state index is 13.6. The monoisotopic (exact) mass is 645 g/mol. The molecule has 0 heterocycles. The number of amides is 3. The fraction of sp³-hybridized carbons (Fsp3) is 0.0789. The van der Waals surface area contributed by atoms with Crippen molar-refractivity contribution in [2.75, 3.05) is 10.6 Å². The van der Waals surface area contributed by atoms with Gasteiger partial charge in [0, 0.05) is 26.9 Å². The molecular weight excluding hydrogens is 614 g/mol. The Morgan fingerprint density at radius 3 is 2.07 bits per heavy atom. The number of hydrogen-bond donors (Lipinski definition) is 3. The molecule has 0 aliphatic carbocycles. The van der Waals surface area contributed by atoms with Crippen LogP contribution in [0.4, 0.5) is 11.4 Å². The van der Waals surface area contributed by atoms with Crippen molar-refractivity contribution in [3.63, 3.8) is 0 Å². The molecule has 5 aromatic rings. The second kappa shape index (κ2) is 15.3. The Labute approximate surface area is 277 Å². The summed E-state index contributed by atoms with van der Waals surface area (Å²) in [6, 6.07) is 39.1. The zero-order valence-corrected chi connectivity index (χ0v) is 26.9. The first-order chi connectivity index (χ1) is 22.2. The van der Waals surface area contributed by atoms with Crippen molar-refractivity contribution in [1.82, 2.24) is 5.32 Å². The summed E-state index contributed by atoms with van der Waals surface area (Å²) in [4.78, 5) is 40.3. The molecule has 46 heavy (non-hydrogen) atoms. The molecule has 0 fully saturated rings. The Balaban J connectivity index is 1.31. The molecule has 3 amide bonds. The number of hydrogen-bond acceptors (Lipinski definition) is 4. The van der Waals surface area contributed by atoms with Crippen LogP contribution in [0.5, 0.6) is 0 Å². The van der Waals surface area contributed by atoms with Crippen LogP contribution >= 0.6 is 23.4 Å². The molecule has 0 aliphatic rings. The van der Waals surface area contributed by atoms with Crippen LogP contribution in [0.3, 0.4) is 0 Å². The highest BCUT2D eigenvalue weighted by atomic mass is 35.5. The zero-order chi connectivity index (χ0) is 32.5. The van der Waals surface area contributed by atoms with Gasteiger partial charge in [-0.15, -0.1) is 11.8 Å². The Hall–Kier alpha value is -5.11. The molecule has 0 saturated carbocycles. The van der Waals surface area contributed by atoms with E-state index in [0.717, 1.165) is 27.1 Å². The molecule has 0 spiro atoms. The van der Waals surface area contributed by atoms with E-state index in [2.05, 4.69) is 16.0 Å². The van der Waals surface area contributed by atoms with Crippen LogP contribution in [0.2, 0.25) is 5.02 Å². The fourth-order valence-electron chi connectivity index (χ4n) is 4.53. The zero-order valence-electron chi connectivity index (χ0n) is 25.3. The predicted octanol–water partition coefficient (Wildman–Crippen LogP) is 8.84. The molecule has 0 radical (unpaired) electrons. The molecule has 8 heteroatoms. The molecule has 5 rings (SSSR count). The van der Waals surface area contributed by atoms with Crippen LogP contribution in [0.1, 0.15) is 28.4 Å². The summed E-state index contributed by atoms with van der Waals surface area (Å²) in [5.41, 5.74) is 5.46. The number of carbonyl (C=O) groups excluding carboxylic acids is 3. The predicted molar refractivity (Wildman–Crippen MR) is 189 cm³/mol. The maximum atomic E-state index is 13.6. The first kappa shape index (κ1) is 32.3. The van der Waals surface area contributed by atoms with Gasteiger partial charge < -0.3 is 16.0 Å². The van der Waals surface area contributed by atoms with Crippen molar-refractivity contribution in [1.29, 1.82) is 0 Å². The number of carbonyl (C=O) groups is 3. The molecule has 6 nitrogen and oxygen atoms in total. The summed E-state index contributed by atoms with van der Waals surface area (Å²) in [5.74, 6) is -1.06. The first-order valence-electron chi connectivity index (χ1n) is 14.6. The van der Waals surface area contributed by atoms with Crippen molar-refractivity contribution in [3.8, 4) is 11.1 Å². The number of rotatable bonds is 10. The van der Waals surface area contributed by atoms with Gasteiger partial charge in [-0.2, -0.15) is 0 Å². The summed E-state index contributed by atoms with van der Waals surface area (Å²) in [5, 5.41) is 8.74. The smallest absolute Gasteiger partial charge is 0.272 e. The average molecular weight is 646 g/mol. The number of aryl methyl sites for hydroxylation is 1. The summed E-state index contributed by atoms with van der Waals surface area (Å²) in [7, 11) is 0. The van der Waals surface area contributed by atoms with E-state index in [1.807, 2.05) is 92.7 Å². The van der Waals surface area contributed by atoms with Gasteiger partial charge in [-0.1, -0.05) is 96.5 Å². The lowest BCUT2D eigenvalue weighted by Crippen LogP contribution is -2.30. The number of benzene rings is 5. The quantitative estimate of drug-likeness (QED) is 0.105. The van der Waals surface area contributed by atoms with Crippen molar-refractivity contribution < 1.29 is 14.4 Å². The maximum Gasteiger partial charge on any atom is 0.272 e. The van der Waals surface area contributed by atoms with Crippen LogP contribution in [-0.2, 0) is 9.59 Å². The van der Waals surface area contributed by atoms with Gasteiger partial charge in [0.2, 0.25) is 5.91 Å². The molecule has 0 bridgehead atoms. The third-order valence-corrected chi connectivity index (χ3v) is 8.57. The number of thioether (sulfide) groups is 1. The van der Waals surface area contributed by atoms with Gasteiger partial charge in [-0.05, 0) is 84.6 Å². The summed E-state index contributed by atoms with van der Waals surface area (Å²) < 4.78 is 0. The van der Waals surface area contributed by atoms with E-state index in [1.54, 1.807) is 54.6 Å². The summed E-state index contributed by atoms with van der Waals surface area (Å²) in [6.07, 6.45) is 1.65.